The lowest BCUT2D eigenvalue weighted by molar-refractivity contribution is -0.141. The van der Waals surface area contributed by atoms with Gasteiger partial charge in [-0.3, -0.25) is 9.59 Å². The number of carboxylic acid groups (broad SMARTS) is 1. The number of carbonyl (C=O) groups is 2. The van der Waals surface area contributed by atoms with Crippen molar-refractivity contribution in [2.24, 2.45) is 5.92 Å². The van der Waals surface area contributed by atoms with E-state index in [0.717, 1.165) is 15.4 Å². The average Bonchev–Trinajstić information content (AvgIpc) is 3.05. The zero-order valence-electron chi connectivity index (χ0n) is 11.2. The van der Waals surface area contributed by atoms with Crippen molar-refractivity contribution in [3.8, 4) is 0 Å². The molecule has 0 saturated heterocycles. The number of aliphatic carboxylic acids is 1. The van der Waals surface area contributed by atoms with Gasteiger partial charge < -0.3 is 15.4 Å². The quantitative estimate of drug-likeness (QED) is 0.795. The van der Waals surface area contributed by atoms with Crippen LogP contribution in [0.15, 0.2) is 28.7 Å². The summed E-state index contributed by atoms with van der Waals surface area (Å²) in [4.78, 5) is 26.4. The molecule has 2 aromatic rings. The summed E-state index contributed by atoms with van der Waals surface area (Å²) in [6.07, 6.45) is 1.83. The van der Waals surface area contributed by atoms with Gasteiger partial charge in [-0.2, -0.15) is 0 Å². The van der Waals surface area contributed by atoms with Crippen LogP contribution in [0.3, 0.4) is 0 Å². The normalized spacial score (nSPS) is 21.6. The van der Waals surface area contributed by atoms with Crippen molar-refractivity contribution >= 4 is 38.7 Å². The van der Waals surface area contributed by atoms with Crippen molar-refractivity contribution in [3.63, 3.8) is 0 Å². The fourth-order valence-corrected chi connectivity index (χ4v) is 3.48. The van der Waals surface area contributed by atoms with Gasteiger partial charge in [-0.05, 0) is 41.3 Å². The first-order valence-corrected chi connectivity index (χ1v) is 7.65. The minimum Gasteiger partial charge on any atom is -0.481 e. The fourth-order valence-electron chi connectivity index (χ4n) is 2.86. The van der Waals surface area contributed by atoms with E-state index >= 15 is 0 Å². The van der Waals surface area contributed by atoms with Gasteiger partial charge in [-0.15, -0.1) is 0 Å². The van der Waals surface area contributed by atoms with Gasteiger partial charge in [-0.25, -0.2) is 0 Å². The van der Waals surface area contributed by atoms with Crippen molar-refractivity contribution in [3.05, 3.63) is 34.4 Å². The van der Waals surface area contributed by atoms with E-state index in [2.05, 4.69) is 26.2 Å². The number of nitrogens with one attached hydrogen (secondary N) is 2. The summed E-state index contributed by atoms with van der Waals surface area (Å²) in [5.41, 5.74) is 1.37. The number of para-hydroxylation sites is 1. The maximum absolute atomic E-state index is 12.3. The van der Waals surface area contributed by atoms with Crippen LogP contribution in [0.4, 0.5) is 0 Å². The number of amides is 1. The largest absolute Gasteiger partial charge is 0.481 e. The Balaban J connectivity index is 1.76. The summed E-state index contributed by atoms with van der Waals surface area (Å²) in [7, 11) is 0. The lowest BCUT2D eigenvalue weighted by Crippen LogP contribution is -2.33. The zero-order valence-corrected chi connectivity index (χ0v) is 12.8. The first-order valence-electron chi connectivity index (χ1n) is 6.86. The van der Waals surface area contributed by atoms with E-state index in [-0.39, 0.29) is 17.9 Å². The van der Waals surface area contributed by atoms with Crippen LogP contribution in [-0.2, 0) is 4.79 Å². The van der Waals surface area contributed by atoms with Gasteiger partial charge in [0.1, 0.15) is 5.69 Å². The van der Waals surface area contributed by atoms with Crippen molar-refractivity contribution in [1.82, 2.24) is 10.3 Å². The van der Waals surface area contributed by atoms with Gasteiger partial charge in [-0.1, -0.05) is 18.2 Å². The summed E-state index contributed by atoms with van der Waals surface area (Å²) >= 11 is 3.45. The molecule has 2 atom stereocenters. The maximum Gasteiger partial charge on any atom is 0.306 e. The second-order valence-corrected chi connectivity index (χ2v) is 6.17. The van der Waals surface area contributed by atoms with E-state index in [1.807, 2.05) is 24.3 Å². The van der Waals surface area contributed by atoms with E-state index in [1.54, 1.807) is 0 Å². The topological polar surface area (TPSA) is 82.2 Å². The van der Waals surface area contributed by atoms with Crippen molar-refractivity contribution < 1.29 is 14.7 Å². The molecule has 1 heterocycles. The fraction of sp³-hybridized carbons (Fsp3) is 0.333. The third kappa shape index (κ3) is 2.68. The van der Waals surface area contributed by atoms with Gasteiger partial charge in [0.2, 0.25) is 0 Å². The van der Waals surface area contributed by atoms with E-state index in [4.69, 9.17) is 5.11 Å². The van der Waals surface area contributed by atoms with Gasteiger partial charge in [0.05, 0.1) is 10.4 Å². The molecule has 1 aromatic carbocycles. The van der Waals surface area contributed by atoms with Crippen LogP contribution in [0.2, 0.25) is 0 Å². The molecule has 1 saturated carbocycles. The molecule has 110 valence electrons. The van der Waals surface area contributed by atoms with Crippen LogP contribution >= 0.6 is 15.9 Å². The molecule has 0 aliphatic heterocycles. The summed E-state index contributed by atoms with van der Waals surface area (Å²) in [6.45, 7) is 0. The Labute approximate surface area is 129 Å². The zero-order chi connectivity index (χ0) is 15.0. The number of hydrogen-bond acceptors (Lipinski definition) is 2. The molecular weight excluding hydrogens is 336 g/mol. The maximum atomic E-state index is 12.3. The summed E-state index contributed by atoms with van der Waals surface area (Å²) < 4.78 is 0.739. The molecule has 0 unspecified atom stereocenters. The van der Waals surface area contributed by atoms with Crippen molar-refractivity contribution in [1.29, 1.82) is 0 Å². The van der Waals surface area contributed by atoms with E-state index in [9.17, 15) is 9.59 Å². The van der Waals surface area contributed by atoms with Crippen LogP contribution in [-0.4, -0.2) is 28.0 Å². The van der Waals surface area contributed by atoms with Gasteiger partial charge in [0.15, 0.2) is 0 Å². The lowest BCUT2D eigenvalue weighted by Gasteiger charge is -2.11. The average molecular weight is 351 g/mol. The smallest absolute Gasteiger partial charge is 0.306 e. The second kappa shape index (κ2) is 5.52. The Hall–Kier alpha value is -1.82. The number of halogens is 1. The molecule has 1 amide bonds. The van der Waals surface area contributed by atoms with Gasteiger partial charge in [0.25, 0.3) is 5.91 Å². The van der Waals surface area contributed by atoms with E-state index in [1.165, 1.54) is 0 Å². The highest BCUT2D eigenvalue weighted by atomic mass is 79.9. The molecule has 6 heteroatoms. The molecule has 1 aliphatic carbocycles. The number of rotatable bonds is 3. The van der Waals surface area contributed by atoms with E-state index in [0.29, 0.717) is 25.0 Å². The highest BCUT2D eigenvalue weighted by molar-refractivity contribution is 9.10. The molecular formula is C15H15BrN2O3. The number of carbonyl (C=O) groups excluding carboxylic acids is 1. The lowest BCUT2D eigenvalue weighted by atomic mass is 10.1. The Morgan fingerprint density at radius 2 is 2.05 bits per heavy atom. The number of carboxylic acids is 1. The molecule has 1 fully saturated rings. The SMILES string of the molecule is O=C(N[C@@H]1CC[C@H](C(=O)O)C1)c1[nH]c2ccccc2c1Br. The third-order valence-electron chi connectivity index (χ3n) is 3.99. The Kier molecular flexibility index (Phi) is 3.71. The third-order valence-corrected chi connectivity index (χ3v) is 4.81. The second-order valence-electron chi connectivity index (χ2n) is 5.38. The molecule has 1 aromatic heterocycles. The van der Waals surface area contributed by atoms with Crippen LogP contribution in [0.5, 0.6) is 0 Å². The van der Waals surface area contributed by atoms with Crippen LogP contribution in [0.25, 0.3) is 10.9 Å². The Morgan fingerprint density at radius 1 is 1.29 bits per heavy atom. The standard InChI is InChI=1S/C15H15BrN2O3/c16-12-10-3-1-2-4-11(10)18-13(12)14(19)17-9-6-5-8(7-9)15(20)21/h1-4,8-9,18H,5-7H2,(H,17,19)(H,20,21)/t8-,9+/m0/s1. The minimum atomic E-state index is -0.779. The summed E-state index contributed by atoms with van der Waals surface area (Å²) in [5, 5.41) is 12.9. The monoisotopic (exact) mass is 350 g/mol. The Morgan fingerprint density at radius 3 is 2.71 bits per heavy atom. The highest BCUT2D eigenvalue weighted by Gasteiger charge is 2.31. The van der Waals surface area contributed by atoms with Gasteiger partial charge in [0, 0.05) is 16.9 Å². The molecule has 0 bridgehead atoms. The number of benzene rings is 1. The molecule has 0 spiro atoms. The van der Waals surface area contributed by atoms with Crippen molar-refractivity contribution in [2.45, 2.75) is 25.3 Å². The molecule has 21 heavy (non-hydrogen) atoms. The number of H-pyrrole nitrogens is 1. The summed E-state index contributed by atoms with van der Waals surface area (Å²) in [6, 6.07) is 7.59. The van der Waals surface area contributed by atoms with E-state index < -0.39 is 5.97 Å². The number of hydrogen-bond donors (Lipinski definition) is 3. The van der Waals surface area contributed by atoms with Gasteiger partial charge >= 0.3 is 5.97 Å². The predicted octanol–water partition coefficient (Wildman–Crippen LogP) is 2.91. The highest BCUT2D eigenvalue weighted by Crippen LogP contribution is 2.29. The Bertz CT molecular complexity index is 710. The van der Waals surface area contributed by atoms with Crippen LogP contribution < -0.4 is 5.32 Å². The number of fused-ring (bicyclic) bond motifs is 1. The number of aromatic amines is 1. The molecule has 5 nitrogen and oxygen atoms in total. The minimum absolute atomic E-state index is 0.0723. The van der Waals surface area contributed by atoms with Crippen LogP contribution in [0, 0.1) is 5.92 Å². The first kappa shape index (κ1) is 14.1. The molecule has 3 rings (SSSR count). The predicted molar refractivity (Wildman–Crippen MR) is 82.2 cm³/mol. The number of aromatic nitrogens is 1. The summed E-state index contributed by atoms with van der Waals surface area (Å²) in [5.74, 6) is -1.32. The molecule has 3 N–H and O–H groups in total. The molecule has 0 radical (unpaired) electrons. The first-order chi connectivity index (χ1) is 10.1. The van der Waals surface area contributed by atoms with Crippen molar-refractivity contribution in [2.75, 3.05) is 0 Å². The molecule has 1 aliphatic rings. The van der Waals surface area contributed by atoms with Crippen LogP contribution in [0.1, 0.15) is 29.8 Å².